The van der Waals surface area contributed by atoms with Crippen molar-refractivity contribution in [3.8, 4) is 5.75 Å². The summed E-state index contributed by atoms with van der Waals surface area (Å²) in [6.45, 7) is 13.1. The summed E-state index contributed by atoms with van der Waals surface area (Å²) in [7, 11) is 3.85. The zero-order valence-corrected chi connectivity index (χ0v) is 20.4. The van der Waals surface area contributed by atoms with Crippen LogP contribution in [0.25, 0.3) is 0 Å². The third-order valence-corrected chi connectivity index (χ3v) is 4.75. The zero-order chi connectivity index (χ0) is 22.9. The highest BCUT2D eigenvalue weighted by Crippen LogP contribution is 2.16. The summed E-state index contributed by atoms with van der Waals surface area (Å²) in [6, 6.07) is 8.57. The first-order valence-corrected chi connectivity index (χ1v) is 11.5. The Labute approximate surface area is 189 Å². The van der Waals surface area contributed by atoms with Crippen molar-refractivity contribution in [2.24, 2.45) is 4.99 Å². The van der Waals surface area contributed by atoms with Crippen molar-refractivity contribution >= 4 is 11.6 Å². The minimum atomic E-state index is 0.165. The second-order valence-electron chi connectivity index (χ2n) is 8.21. The average Bonchev–Trinajstić information content (AvgIpc) is 2.73. The Hall–Kier alpha value is -1.83. The van der Waals surface area contributed by atoms with E-state index in [1.54, 1.807) is 7.11 Å². The molecule has 0 aliphatic carbocycles. The van der Waals surface area contributed by atoms with Crippen LogP contribution in [0.1, 0.15) is 47.0 Å². The quantitative estimate of drug-likeness (QED) is 0.232. The zero-order valence-electron chi connectivity index (χ0n) is 20.4. The molecule has 31 heavy (non-hydrogen) atoms. The van der Waals surface area contributed by atoms with Crippen LogP contribution in [0.5, 0.6) is 5.75 Å². The largest absolute Gasteiger partial charge is 0.491 e. The molecule has 0 amide bonds. The maximum Gasteiger partial charge on any atom is 0.195 e. The van der Waals surface area contributed by atoms with Crippen molar-refractivity contribution in [2.45, 2.75) is 59.1 Å². The van der Waals surface area contributed by atoms with Gasteiger partial charge in [-0.3, -0.25) is 4.99 Å². The summed E-state index contributed by atoms with van der Waals surface area (Å²) in [5.74, 6) is 1.67. The number of aliphatic imine (C=N–C) groups is 1. The summed E-state index contributed by atoms with van der Waals surface area (Å²) in [4.78, 5) is 7.08. The fraction of sp³-hybridized carbons (Fsp3) is 0.708. The molecule has 0 fully saturated rings. The molecule has 7 heteroatoms. The molecule has 0 heterocycles. The van der Waals surface area contributed by atoms with Gasteiger partial charge in [0, 0.05) is 38.5 Å². The number of benzene rings is 1. The number of rotatable bonds is 16. The lowest BCUT2D eigenvalue weighted by atomic mass is 10.2. The van der Waals surface area contributed by atoms with E-state index >= 15 is 0 Å². The monoisotopic (exact) mass is 436 g/mol. The Bertz CT molecular complexity index is 591. The van der Waals surface area contributed by atoms with Gasteiger partial charge in [0.1, 0.15) is 5.75 Å². The molecule has 0 atom stereocenters. The second kappa shape index (κ2) is 16.8. The number of ether oxygens (including phenoxy) is 3. The van der Waals surface area contributed by atoms with Crippen LogP contribution in [-0.2, 0) is 9.47 Å². The first-order chi connectivity index (χ1) is 14.9. The van der Waals surface area contributed by atoms with E-state index in [2.05, 4.69) is 36.4 Å². The third-order valence-electron chi connectivity index (χ3n) is 4.75. The van der Waals surface area contributed by atoms with Crippen LogP contribution in [0.15, 0.2) is 29.3 Å². The molecule has 0 saturated heterocycles. The molecule has 0 radical (unpaired) electrons. The average molecular weight is 437 g/mol. The van der Waals surface area contributed by atoms with Crippen molar-refractivity contribution in [3.63, 3.8) is 0 Å². The highest BCUT2D eigenvalue weighted by Gasteiger charge is 2.04. The minimum Gasteiger partial charge on any atom is -0.491 e. The van der Waals surface area contributed by atoms with Gasteiger partial charge in [-0.2, -0.15) is 0 Å². The van der Waals surface area contributed by atoms with Crippen LogP contribution >= 0.6 is 0 Å². The van der Waals surface area contributed by atoms with Gasteiger partial charge in [0.25, 0.3) is 0 Å². The smallest absolute Gasteiger partial charge is 0.195 e. The Balaban J connectivity index is 2.51. The molecule has 7 nitrogen and oxygen atoms in total. The molecule has 0 aromatic heterocycles. The first kappa shape index (κ1) is 27.2. The van der Waals surface area contributed by atoms with Gasteiger partial charge in [-0.25, -0.2) is 0 Å². The van der Waals surface area contributed by atoms with E-state index in [0.717, 1.165) is 49.7 Å². The molecule has 0 unspecified atom stereocenters. The molecule has 1 aromatic rings. The van der Waals surface area contributed by atoms with Crippen LogP contribution < -0.4 is 15.4 Å². The lowest BCUT2D eigenvalue weighted by Gasteiger charge is -2.20. The topological polar surface area (TPSA) is 67.4 Å². The van der Waals surface area contributed by atoms with Crippen LogP contribution in [0.4, 0.5) is 5.69 Å². The van der Waals surface area contributed by atoms with Gasteiger partial charge >= 0.3 is 0 Å². The maximum atomic E-state index is 5.72. The van der Waals surface area contributed by atoms with Gasteiger partial charge in [-0.15, -0.1) is 0 Å². The van der Waals surface area contributed by atoms with E-state index in [1.165, 1.54) is 0 Å². The molecule has 1 rings (SSSR count). The van der Waals surface area contributed by atoms with Crippen molar-refractivity contribution in [1.82, 2.24) is 10.2 Å². The van der Waals surface area contributed by atoms with Gasteiger partial charge in [0.2, 0.25) is 0 Å². The number of anilines is 1. The molecule has 0 aliphatic heterocycles. The molecule has 1 aromatic carbocycles. The number of hydrogen-bond donors (Lipinski definition) is 2. The summed E-state index contributed by atoms with van der Waals surface area (Å²) in [6.07, 6.45) is 3.29. The van der Waals surface area contributed by atoms with Crippen molar-refractivity contribution in [3.05, 3.63) is 24.3 Å². The molecule has 0 spiro atoms. The normalized spacial score (nSPS) is 12.1. The third kappa shape index (κ3) is 14.0. The van der Waals surface area contributed by atoms with Gasteiger partial charge in [-0.1, -0.05) is 0 Å². The van der Waals surface area contributed by atoms with Crippen molar-refractivity contribution in [1.29, 1.82) is 0 Å². The molecule has 0 bridgehead atoms. The van der Waals surface area contributed by atoms with Gasteiger partial charge in [0.15, 0.2) is 5.96 Å². The highest BCUT2D eigenvalue weighted by atomic mass is 16.5. The number of nitrogens with one attached hydrogen (secondary N) is 2. The van der Waals surface area contributed by atoms with Gasteiger partial charge in [0.05, 0.1) is 19.3 Å². The van der Waals surface area contributed by atoms with E-state index in [4.69, 9.17) is 19.2 Å². The molecule has 0 aliphatic rings. The van der Waals surface area contributed by atoms with Gasteiger partial charge < -0.3 is 29.7 Å². The molecule has 178 valence electrons. The first-order valence-electron chi connectivity index (χ1n) is 11.5. The molecular formula is C24H44N4O3. The van der Waals surface area contributed by atoms with Crippen molar-refractivity contribution < 1.29 is 14.2 Å². The summed E-state index contributed by atoms with van der Waals surface area (Å²) in [5, 5.41) is 6.86. The number of methoxy groups -OCH3 is 1. The fourth-order valence-corrected chi connectivity index (χ4v) is 2.72. The van der Waals surface area contributed by atoms with Crippen LogP contribution in [0.2, 0.25) is 0 Å². The lowest BCUT2D eigenvalue weighted by Crippen LogP contribution is -2.33. The Morgan fingerprint density at radius 1 is 1.00 bits per heavy atom. The van der Waals surface area contributed by atoms with E-state index in [9.17, 15) is 0 Å². The number of nitrogens with zero attached hydrogens (tertiary/aromatic N) is 2. The number of unbranched alkanes of at least 4 members (excludes halogenated alkanes) is 1. The van der Waals surface area contributed by atoms with Crippen LogP contribution in [0, 0.1) is 0 Å². The molecule has 2 N–H and O–H groups in total. The summed E-state index contributed by atoms with van der Waals surface area (Å²) < 4.78 is 16.2. The van der Waals surface area contributed by atoms with E-state index in [-0.39, 0.29) is 6.10 Å². The highest BCUT2D eigenvalue weighted by molar-refractivity contribution is 5.93. The SMILES string of the molecule is COCCOCCCN=C(NCCCCN(C)C(C)C)Nc1ccc(OC(C)C)cc1. The Kier molecular flexibility index (Phi) is 14.8. The predicted molar refractivity (Wildman–Crippen MR) is 130 cm³/mol. The summed E-state index contributed by atoms with van der Waals surface area (Å²) >= 11 is 0. The number of hydrogen-bond acceptors (Lipinski definition) is 5. The standard InChI is InChI=1S/C24H44N4O3/c1-20(2)28(5)16-8-7-14-25-24(26-15-9-17-30-19-18-29-6)27-22-10-12-23(13-11-22)31-21(3)4/h10-13,20-21H,7-9,14-19H2,1-6H3,(H2,25,26,27). The molecule has 0 saturated carbocycles. The fourth-order valence-electron chi connectivity index (χ4n) is 2.72. The Morgan fingerprint density at radius 2 is 1.74 bits per heavy atom. The van der Waals surface area contributed by atoms with E-state index < -0.39 is 0 Å². The van der Waals surface area contributed by atoms with Gasteiger partial charge in [-0.05, 0) is 84.8 Å². The lowest BCUT2D eigenvalue weighted by molar-refractivity contribution is 0.0702. The molecular weight excluding hydrogens is 392 g/mol. The van der Waals surface area contributed by atoms with Crippen LogP contribution in [0.3, 0.4) is 0 Å². The van der Waals surface area contributed by atoms with E-state index in [0.29, 0.717) is 32.4 Å². The van der Waals surface area contributed by atoms with Crippen LogP contribution in [-0.4, -0.2) is 76.6 Å². The van der Waals surface area contributed by atoms with E-state index in [1.807, 2.05) is 38.1 Å². The predicted octanol–water partition coefficient (Wildman–Crippen LogP) is 4.00. The maximum absolute atomic E-state index is 5.72. The summed E-state index contributed by atoms with van der Waals surface area (Å²) in [5.41, 5.74) is 0.984. The minimum absolute atomic E-state index is 0.165. The number of guanidine groups is 1. The van der Waals surface area contributed by atoms with Crippen molar-refractivity contribution in [2.75, 3.05) is 58.9 Å². The second-order valence-corrected chi connectivity index (χ2v) is 8.21. The Morgan fingerprint density at radius 3 is 2.39 bits per heavy atom.